The molecule has 1 aromatic heterocycles. The molecule has 1 amide bonds. The number of carbonyl (C=O) groups excluding carboxylic acids is 1. The van der Waals surface area contributed by atoms with Crippen LogP contribution in [0.25, 0.3) is 0 Å². The molecule has 3 heterocycles. The smallest absolute Gasteiger partial charge is 0.272 e. The highest BCUT2D eigenvalue weighted by Crippen LogP contribution is 2.33. The molecule has 132 valence electrons. The lowest BCUT2D eigenvalue weighted by Crippen LogP contribution is -2.53. The van der Waals surface area contributed by atoms with Crippen molar-refractivity contribution in [3.8, 4) is 0 Å². The molecule has 0 aromatic carbocycles. The molecule has 0 aliphatic carbocycles. The second-order valence-electron chi connectivity index (χ2n) is 6.71. The van der Waals surface area contributed by atoms with Gasteiger partial charge >= 0.3 is 0 Å². The molecule has 3 atom stereocenters. The van der Waals surface area contributed by atoms with Crippen LogP contribution < -0.4 is 0 Å². The van der Waals surface area contributed by atoms with Crippen LogP contribution >= 0.6 is 0 Å². The number of amides is 1. The first-order chi connectivity index (χ1) is 11.6. The van der Waals surface area contributed by atoms with Gasteiger partial charge in [-0.2, -0.15) is 0 Å². The first-order valence-electron chi connectivity index (χ1n) is 8.62. The van der Waals surface area contributed by atoms with Gasteiger partial charge in [0.2, 0.25) is 0 Å². The number of fused-ring (bicyclic) bond motifs is 1. The van der Waals surface area contributed by atoms with Crippen molar-refractivity contribution in [2.24, 2.45) is 5.92 Å². The molecule has 2 aliphatic heterocycles. The number of rotatable bonds is 5. The summed E-state index contributed by atoms with van der Waals surface area (Å²) in [5, 5.41) is 0. The van der Waals surface area contributed by atoms with Gasteiger partial charge in [-0.25, -0.2) is 4.98 Å². The summed E-state index contributed by atoms with van der Waals surface area (Å²) < 4.78 is 10.9. The summed E-state index contributed by atoms with van der Waals surface area (Å²) in [4.78, 5) is 21.8. The molecule has 24 heavy (non-hydrogen) atoms. The van der Waals surface area contributed by atoms with Gasteiger partial charge in [0.15, 0.2) is 0 Å². The summed E-state index contributed by atoms with van der Waals surface area (Å²) in [7, 11) is 3.50. The standard InChI is InChI=1S/C18H27N3O3/c1-13-5-4-6-15(19-13)18(22)21-8-7-17(24-3)14-11-20(9-10-23-2)12-16(14)21/h4-6,14,16-17H,7-12H2,1-3H3/t14-,16+,17-/m0/s1. The fraction of sp³-hybridized carbons (Fsp3) is 0.667. The molecule has 0 saturated carbocycles. The number of nitrogens with zero attached hydrogens (tertiary/aromatic N) is 3. The zero-order valence-electron chi connectivity index (χ0n) is 14.8. The van der Waals surface area contributed by atoms with E-state index in [0.29, 0.717) is 18.2 Å². The Labute approximate surface area is 143 Å². The van der Waals surface area contributed by atoms with Gasteiger partial charge in [0.25, 0.3) is 5.91 Å². The normalized spacial score (nSPS) is 27.3. The molecular formula is C18H27N3O3. The fourth-order valence-electron chi connectivity index (χ4n) is 3.99. The monoisotopic (exact) mass is 333 g/mol. The second-order valence-corrected chi connectivity index (χ2v) is 6.71. The zero-order valence-corrected chi connectivity index (χ0v) is 14.8. The lowest BCUT2D eigenvalue weighted by atomic mass is 9.88. The molecular weight excluding hydrogens is 306 g/mol. The highest BCUT2D eigenvalue weighted by atomic mass is 16.5. The Morgan fingerprint density at radius 1 is 1.33 bits per heavy atom. The van der Waals surface area contributed by atoms with Crippen LogP contribution in [0.4, 0.5) is 0 Å². The number of ether oxygens (including phenoxy) is 2. The molecule has 0 radical (unpaired) electrons. The van der Waals surface area contributed by atoms with Crippen molar-refractivity contribution in [1.29, 1.82) is 0 Å². The maximum Gasteiger partial charge on any atom is 0.272 e. The number of likely N-dealkylation sites (tertiary alicyclic amines) is 2. The van der Waals surface area contributed by atoms with Gasteiger partial charge in [-0.3, -0.25) is 9.69 Å². The van der Waals surface area contributed by atoms with Crippen molar-refractivity contribution in [2.75, 3.05) is 47.0 Å². The number of aryl methyl sites for hydroxylation is 1. The largest absolute Gasteiger partial charge is 0.383 e. The SMILES string of the molecule is COCCN1C[C@@H]2[C@@H](OC)CCN(C(=O)c3cccc(C)n3)[C@@H]2C1. The molecule has 3 rings (SSSR count). The molecule has 0 spiro atoms. The number of piperidine rings is 1. The van der Waals surface area contributed by atoms with Crippen LogP contribution in [0.5, 0.6) is 0 Å². The van der Waals surface area contributed by atoms with Crippen molar-refractivity contribution in [3.05, 3.63) is 29.6 Å². The highest BCUT2D eigenvalue weighted by molar-refractivity contribution is 5.92. The summed E-state index contributed by atoms with van der Waals surface area (Å²) in [6.45, 7) is 6.09. The molecule has 2 aliphatic rings. The quantitative estimate of drug-likeness (QED) is 0.810. The Balaban J connectivity index is 1.77. The second kappa shape index (κ2) is 7.59. The molecule has 0 N–H and O–H groups in total. The van der Waals surface area contributed by atoms with Crippen LogP contribution in [0, 0.1) is 12.8 Å². The third-order valence-electron chi connectivity index (χ3n) is 5.22. The minimum atomic E-state index is 0.0387. The average molecular weight is 333 g/mol. The van der Waals surface area contributed by atoms with Crippen LogP contribution in [0.2, 0.25) is 0 Å². The van der Waals surface area contributed by atoms with Gasteiger partial charge in [-0.05, 0) is 25.5 Å². The van der Waals surface area contributed by atoms with Gasteiger partial charge in [0, 0.05) is 52.0 Å². The summed E-state index contributed by atoms with van der Waals surface area (Å²) >= 11 is 0. The summed E-state index contributed by atoms with van der Waals surface area (Å²) in [6, 6.07) is 5.81. The van der Waals surface area contributed by atoms with E-state index in [0.717, 1.165) is 38.3 Å². The van der Waals surface area contributed by atoms with Crippen LogP contribution in [0.1, 0.15) is 22.6 Å². The van der Waals surface area contributed by atoms with Gasteiger partial charge in [-0.15, -0.1) is 0 Å². The predicted octanol–water partition coefficient (Wildman–Crippen LogP) is 1.20. The summed E-state index contributed by atoms with van der Waals surface area (Å²) in [5.41, 5.74) is 1.41. The van der Waals surface area contributed by atoms with E-state index >= 15 is 0 Å². The Morgan fingerprint density at radius 3 is 2.88 bits per heavy atom. The van der Waals surface area contributed by atoms with E-state index in [4.69, 9.17) is 9.47 Å². The van der Waals surface area contributed by atoms with Gasteiger partial charge in [-0.1, -0.05) is 6.07 Å². The van der Waals surface area contributed by atoms with Gasteiger partial charge in [0.1, 0.15) is 5.69 Å². The number of methoxy groups -OCH3 is 2. The lowest BCUT2D eigenvalue weighted by molar-refractivity contribution is -0.0159. The molecule has 2 saturated heterocycles. The lowest BCUT2D eigenvalue weighted by Gasteiger charge is -2.41. The fourth-order valence-corrected chi connectivity index (χ4v) is 3.99. The highest BCUT2D eigenvalue weighted by Gasteiger charge is 2.46. The van der Waals surface area contributed by atoms with E-state index in [2.05, 4.69) is 9.88 Å². The third-order valence-corrected chi connectivity index (χ3v) is 5.22. The minimum absolute atomic E-state index is 0.0387. The van der Waals surface area contributed by atoms with E-state index in [1.165, 1.54) is 0 Å². The molecule has 0 bridgehead atoms. The Kier molecular flexibility index (Phi) is 5.48. The van der Waals surface area contributed by atoms with Gasteiger partial charge in [0.05, 0.1) is 18.8 Å². The Hall–Kier alpha value is -1.50. The summed E-state index contributed by atoms with van der Waals surface area (Å²) in [5.74, 6) is 0.395. The predicted molar refractivity (Wildman–Crippen MR) is 91.0 cm³/mol. The van der Waals surface area contributed by atoms with Crippen molar-refractivity contribution in [2.45, 2.75) is 25.5 Å². The van der Waals surface area contributed by atoms with Crippen LogP contribution in [0.15, 0.2) is 18.2 Å². The zero-order chi connectivity index (χ0) is 17.1. The van der Waals surface area contributed by atoms with Crippen LogP contribution in [0.3, 0.4) is 0 Å². The first kappa shape index (κ1) is 17.3. The first-order valence-corrected chi connectivity index (χ1v) is 8.62. The van der Waals surface area contributed by atoms with Crippen molar-refractivity contribution < 1.29 is 14.3 Å². The maximum absolute atomic E-state index is 13.0. The average Bonchev–Trinajstić information content (AvgIpc) is 3.02. The molecule has 6 nitrogen and oxygen atoms in total. The maximum atomic E-state index is 13.0. The van der Waals surface area contributed by atoms with E-state index in [-0.39, 0.29) is 18.1 Å². The van der Waals surface area contributed by atoms with E-state index in [1.807, 2.05) is 30.0 Å². The van der Waals surface area contributed by atoms with Crippen molar-refractivity contribution >= 4 is 5.91 Å². The third kappa shape index (κ3) is 3.45. The topological polar surface area (TPSA) is 54.9 Å². The van der Waals surface area contributed by atoms with Crippen LogP contribution in [-0.4, -0.2) is 79.8 Å². The number of hydrogen-bond donors (Lipinski definition) is 0. The van der Waals surface area contributed by atoms with Crippen molar-refractivity contribution in [1.82, 2.24) is 14.8 Å². The van der Waals surface area contributed by atoms with E-state index in [1.54, 1.807) is 14.2 Å². The number of aromatic nitrogens is 1. The molecule has 2 fully saturated rings. The number of carbonyl (C=O) groups is 1. The van der Waals surface area contributed by atoms with E-state index in [9.17, 15) is 4.79 Å². The van der Waals surface area contributed by atoms with E-state index < -0.39 is 0 Å². The van der Waals surface area contributed by atoms with Crippen LogP contribution in [-0.2, 0) is 9.47 Å². The Morgan fingerprint density at radius 2 is 2.17 bits per heavy atom. The Bertz CT molecular complexity index is 580. The van der Waals surface area contributed by atoms with Crippen molar-refractivity contribution in [3.63, 3.8) is 0 Å². The van der Waals surface area contributed by atoms with Gasteiger partial charge < -0.3 is 14.4 Å². The minimum Gasteiger partial charge on any atom is -0.383 e. The number of pyridine rings is 1. The summed E-state index contributed by atoms with van der Waals surface area (Å²) in [6.07, 6.45) is 1.10. The molecule has 1 aromatic rings. The number of hydrogen-bond acceptors (Lipinski definition) is 5. The molecule has 0 unspecified atom stereocenters. The molecule has 6 heteroatoms.